The molecule has 0 saturated carbocycles. The molecule has 0 saturated heterocycles. The third-order valence-corrected chi connectivity index (χ3v) is 3.73. The normalized spacial score (nSPS) is 16.9. The Morgan fingerprint density at radius 1 is 1.41 bits per heavy atom. The molecule has 1 aliphatic rings. The fourth-order valence-corrected chi connectivity index (χ4v) is 2.79. The van der Waals surface area contributed by atoms with Crippen LogP contribution < -0.4 is 5.32 Å². The largest absolute Gasteiger partial charge is 0.329 e. The number of unbranched alkanes of at least 4 members (excludes halogenated alkanes) is 1. The van der Waals surface area contributed by atoms with Gasteiger partial charge < -0.3 is 9.88 Å². The maximum absolute atomic E-state index is 4.80. The molecule has 0 amide bonds. The molecule has 1 aromatic heterocycles. The zero-order chi connectivity index (χ0) is 12.3. The second kappa shape index (κ2) is 5.67. The van der Waals surface area contributed by atoms with Gasteiger partial charge in [-0.2, -0.15) is 0 Å². The number of hydrogen-bond donors (Lipinski definition) is 1. The average Bonchev–Trinajstić information content (AvgIpc) is 2.74. The topological polar surface area (TPSA) is 29.9 Å². The van der Waals surface area contributed by atoms with E-state index in [9.17, 15) is 0 Å². The van der Waals surface area contributed by atoms with E-state index in [0.29, 0.717) is 6.04 Å². The van der Waals surface area contributed by atoms with Crippen molar-refractivity contribution in [3.63, 3.8) is 0 Å². The van der Waals surface area contributed by atoms with Gasteiger partial charge in [0.05, 0.1) is 5.69 Å². The predicted molar refractivity (Wildman–Crippen MR) is 71.3 cm³/mol. The fourth-order valence-electron chi connectivity index (χ4n) is 2.79. The lowest BCUT2D eigenvalue weighted by Gasteiger charge is -2.21. The lowest BCUT2D eigenvalue weighted by molar-refractivity contribution is 0.451. The Balaban J connectivity index is 2.26. The van der Waals surface area contributed by atoms with E-state index >= 15 is 0 Å². The Kier molecular flexibility index (Phi) is 4.21. The Hall–Kier alpha value is -0.830. The quantitative estimate of drug-likeness (QED) is 0.850. The summed E-state index contributed by atoms with van der Waals surface area (Å²) in [5, 5.41) is 3.41. The summed E-state index contributed by atoms with van der Waals surface area (Å²) in [4.78, 5) is 4.80. The molecule has 0 spiro atoms. The summed E-state index contributed by atoms with van der Waals surface area (Å²) in [5.74, 6) is 1.28. The highest BCUT2D eigenvalue weighted by Gasteiger charge is 2.21. The van der Waals surface area contributed by atoms with Crippen LogP contribution in [0, 0.1) is 0 Å². The first-order chi connectivity index (χ1) is 8.27. The van der Waals surface area contributed by atoms with Gasteiger partial charge in [0.1, 0.15) is 5.82 Å². The molecule has 17 heavy (non-hydrogen) atoms. The lowest BCUT2D eigenvalue weighted by atomic mass is 10.1. The number of nitrogens with one attached hydrogen (secondary N) is 1. The lowest BCUT2D eigenvalue weighted by Crippen LogP contribution is -2.25. The molecule has 1 aromatic rings. The number of hydrogen-bond acceptors (Lipinski definition) is 2. The van der Waals surface area contributed by atoms with Crippen LogP contribution in [0.3, 0.4) is 0 Å². The Morgan fingerprint density at radius 3 is 2.94 bits per heavy atom. The van der Waals surface area contributed by atoms with Crippen LogP contribution >= 0.6 is 0 Å². The summed E-state index contributed by atoms with van der Waals surface area (Å²) in [6.07, 6.45) is 6.06. The summed E-state index contributed by atoms with van der Waals surface area (Å²) >= 11 is 0. The van der Waals surface area contributed by atoms with Gasteiger partial charge in [-0.3, -0.25) is 0 Å². The first-order valence-corrected chi connectivity index (χ1v) is 7.07. The molecule has 1 unspecified atom stereocenters. The molecule has 0 bridgehead atoms. The molecular weight excluding hydrogens is 210 g/mol. The fraction of sp³-hybridized carbons (Fsp3) is 0.786. The monoisotopic (exact) mass is 235 g/mol. The number of imidazole rings is 1. The molecule has 0 radical (unpaired) electrons. The van der Waals surface area contributed by atoms with Gasteiger partial charge in [0, 0.05) is 37.7 Å². The van der Waals surface area contributed by atoms with Crippen molar-refractivity contribution in [1.29, 1.82) is 0 Å². The highest BCUT2D eigenvalue weighted by molar-refractivity contribution is 5.21. The van der Waals surface area contributed by atoms with Crippen molar-refractivity contribution in [1.82, 2.24) is 14.9 Å². The van der Waals surface area contributed by atoms with E-state index < -0.39 is 0 Å². The van der Waals surface area contributed by atoms with Gasteiger partial charge >= 0.3 is 0 Å². The number of aromatic nitrogens is 2. The van der Waals surface area contributed by atoms with Crippen LogP contribution in [0.5, 0.6) is 0 Å². The van der Waals surface area contributed by atoms with Crippen molar-refractivity contribution in [2.45, 2.75) is 65.5 Å². The molecule has 1 N–H and O–H groups in total. The van der Waals surface area contributed by atoms with E-state index in [1.807, 2.05) is 0 Å². The number of nitrogens with zero attached hydrogens (tertiary/aromatic N) is 2. The maximum atomic E-state index is 4.80. The van der Waals surface area contributed by atoms with Crippen molar-refractivity contribution in [2.75, 3.05) is 6.54 Å². The van der Waals surface area contributed by atoms with E-state index in [2.05, 4.69) is 30.7 Å². The van der Waals surface area contributed by atoms with Crippen molar-refractivity contribution >= 4 is 0 Å². The average molecular weight is 235 g/mol. The second-order valence-corrected chi connectivity index (χ2v) is 5.06. The highest BCUT2D eigenvalue weighted by atomic mass is 15.1. The van der Waals surface area contributed by atoms with Crippen LogP contribution in [-0.2, 0) is 19.4 Å². The molecule has 3 heteroatoms. The van der Waals surface area contributed by atoms with Crippen LogP contribution in [0.4, 0.5) is 0 Å². The standard InChI is InChI=1S/C14H25N3/c1-4-6-7-11(3)17-13-8-9-15-10-12(13)16-14(17)5-2/h11,15H,4-10H2,1-3H3. The van der Waals surface area contributed by atoms with Gasteiger partial charge in [0.2, 0.25) is 0 Å². The Labute approximate surface area is 105 Å². The van der Waals surface area contributed by atoms with Crippen LogP contribution in [-0.4, -0.2) is 16.1 Å². The molecule has 3 nitrogen and oxygen atoms in total. The summed E-state index contributed by atoms with van der Waals surface area (Å²) in [5.41, 5.74) is 2.78. The van der Waals surface area contributed by atoms with Crippen molar-refractivity contribution in [2.24, 2.45) is 0 Å². The van der Waals surface area contributed by atoms with Crippen molar-refractivity contribution in [3.05, 3.63) is 17.2 Å². The van der Waals surface area contributed by atoms with E-state index in [1.54, 1.807) is 0 Å². The third kappa shape index (κ3) is 2.54. The predicted octanol–water partition coefficient (Wildman–Crippen LogP) is 2.84. The smallest absolute Gasteiger partial charge is 0.109 e. The van der Waals surface area contributed by atoms with Crippen molar-refractivity contribution in [3.8, 4) is 0 Å². The van der Waals surface area contributed by atoms with E-state index in [0.717, 1.165) is 25.9 Å². The number of aryl methyl sites for hydroxylation is 1. The van der Waals surface area contributed by atoms with Crippen molar-refractivity contribution < 1.29 is 0 Å². The van der Waals surface area contributed by atoms with Gasteiger partial charge in [-0.05, 0) is 13.3 Å². The molecular formula is C14H25N3. The summed E-state index contributed by atoms with van der Waals surface area (Å²) < 4.78 is 2.52. The zero-order valence-corrected chi connectivity index (χ0v) is 11.4. The molecule has 1 atom stereocenters. The van der Waals surface area contributed by atoms with Gasteiger partial charge in [0.25, 0.3) is 0 Å². The zero-order valence-electron chi connectivity index (χ0n) is 11.4. The molecule has 2 heterocycles. The van der Waals surface area contributed by atoms with Gasteiger partial charge in [-0.15, -0.1) is 0 Å². The SMILES string of the molecule is CCCCC(C)n1c(CC)nc2c1CCNC2. The highest BCUT2D eigenvalue weighted by Crippen LogP contribution is 2.24. The van der Waals surface area contributed by atoms with Gasteiger partial charge in [-0.25, -0.2) is 4.98 Å². The molecule has 0 aromatic carbocycles. The number of rotatable bonds is 5. The minimum absolute atomic E-state index is 0.610. The Morgan fingerprint density at radius 2 is 2.24 bits per heavy atom. The molecule has 96 valence electrons. The van der Waals surface area contributed by atoms with Crippen LogP contribution in [0.15, 0.2) is 0 Å². The summed E-state index contributed by atoms with van der Waals surface area (Å²) in [7, 11) is 0. The minimum Gasteiger partial charge on any atom is -0.329 e. The Bertz CT molecular complexity index is 368. The van der Waals surface area contributed by atoms with Crippen LogP contribution in [0.1, 0.15) is 63.3 Å². The third-order valence-electron chi connectivity index (χ3n) is 3.73. The summed E-state index contributed by atoms with van der Waals surface area (Å²) in [6, 6.07) is 0.610. The molecule has 0 aliphatic carbocycles. The van der Waals surface area contributed by atoms with E-state index in [4.69, 9.17) is 4.98 Å². The van der Waals surface area contributed by atoms with E-state index in [-0.39, 0.29) is 0 Å². The molecule has 0 fully saturated rings. The second-order valence-electron chi connectivity index (χ2n) is 5.06. The summed E-state index contributed by atoms with van der Waals surface area (Å²) in [6.45, 7) is 8.88. The van der Waals surface area contributed by atoms with Gasteiger partial charge in [0.15, 0.2) is 0 Å². The minimum atomic E-state index is 0.610. The first kappa shape index (κ1) is 12.6. The van der Waals surface area contributed by atoms with Crippen LogP contribution in [0.25, 0.3) is 0 Å². The van der Waals surface area contributed by atoms with Gasteiger partial charge in [-0.1, -0.05) is 26.7 Å². The first-order valence-electron chi connectivity index (χ1n) is 7.07. The maximum Gasteiger partial charge on any atom is 0.109 e. The molecule has 2 rings (SSSR count). The number of fused-ring (bicyclic) bond motifs is 1. The van der Waals surface area contributed by atoms with E-state index in [1.165, 1.54) is 36.5 Å². The molecule has 1 aliphatic heterocycles. The van der Waals surface area contributed by atoms with Crippen LogP contribution in [0.2, 0.25) is 0 Å².